The van der Waals surface area contributed by atoms with Crippen LogP contribution in [0.4, 0.5) is 0 Å². The van der Waals surface area contributed by atoms with Gasteiger partial charge in [0.25, 0.3) is 0 Å². The Morgan fingerprint density at radius 2 is 1.48 bits per heavy atom. The maximum atomic E-state index is 12.4. The van der Waals surface area contributed by atoms with E-state index in [1.54, 1.807) is 12.1 Å². The van der Waals surface area contributed by atoms with Crippen molar-refractivity contribution in [3.05, 3.63) is 77.9 Å². The largest absolute Gasteiger partial charge is 0.223 e. The molecule has 2 nitrogen and oxygen atoms in total. The van der Waals surface area contributed by atoms with Crippen LogP contribution < -0.4 is 0 Å². The van der Waals surface area contributed by atoms with Gasteiger partial charge in [0.15, 0.2) is 9.84 Å². The van der Waals surface area contributed by atoms with Crippen LogP contribution in [0.3, 0.4) is 0 Å². The van der Waals surface area contributed by atoms with Gasteiger partial charge in [-0.15, -0.1) is 0 Å². The fraction of sp³-hybridized carbons (Fsp3) is 0.111. The number of fused-ring (bicyclic) bond motifs is 1. The first-order chi connectivity index (χ1) is 10.0. The van der Waals surface area contributed by atoms with Crippen LogP contribution in [0, 0.1) is 6.92 Å². The first-order valence-corrected chi connectivity index (χ1v) is 8.47. The van der Waals surface area contributed by atoms with Gasteiger partial charge in [-0.25, -0.2) is 8.42 Å². The van der Waals surface area contributed by atoms with Crippen LogP contribution in [0.2, 0.25) is 0 Å². The molecular weight excluding hydrogens is 280 g/mol. The second kappa shape index (κ2) is 5.34. The lowest BCUT2D eigenvalue weighted by atomic mass is 10.1. The molecule has 3 heteroatoms. The molecule has 3 aromatic carbocycles. The highest BCUT2D eigenvalue weighted by Gasteiger charge is 2.15. The second-order valence-electron chi connectivity index (χ2n) is 5.25. The summed E-state index contributed by atoms with van der Waals surface area (Å²) in [6.45, 7) is 1.94. The highest BCUT2D eigenvalue weighted by Crippen LogP contribution is 2.21. The van der Waals surface area contributed by atoms with Gasteiger partial charge in [-0.3, -0.25) is 0 Å². The van der Waals surface area contributed by atoms with Gasteiger partial charge in [-0.2, -0.15) is 0 Å². The molecule has 0 aromatic heterocycles. The van der Waals surface area contributed by atoms with Crippen molar-refractivity contribution < 1.29 is 8.42 Å². The van der Waals surface area contributed by atoms with E-state index in [1.165, 1.54) is 0 Å². The van der Waals surface area contributed by atoms with Crippen molar-refractivity contribution in [2.75, 3.05) is 0 Å². The minimum Gasteiger partial charge on any atom is -0.223 e. The maximum Gasteiger partial charge on any atom is 0.182 e. The van der Waals surface area contributed by atoms with E-state index in [4.69, 9.17) is 0 Å². The number of hydrogen-bond donors (Lipinski definition) is 0. The molecule has 0 aliphatic heterocycles. The molecule has 0 saturated carbocycles. The van der Waals surface area contributed by atoms with Gasteiger partial charge in [-0.1, -0.05) is 60.2 Å². The zero-order chi connectivity index (χ0) is 14.9. The standard InChI is InChI=1S/C18H16O2S/c1-14-6-10-18(11-7-14)21(19,20)13-15-8-9-16-4-2-3-5-17(16)12-15/h2-12H,13H2,1H3. The number of rotatable bonds is 3. The molecule has 0 saturated heterocycles. The van der Waals surface area contributed by atoms with Crippen LogP contribution in [0.1, 0.15) is 11.1 Å². The molecule has 0 fully saturated rings. The summed E-state index contributed by atoms with van der Waals surface area (Å²) in [5.41, 5.74) is 1.87. The van der Waals surface area contributed by atoms with E-state index in [-0.39, 0.29) is 5.75 Å². The molecule has 3 rings (SSSR count). The number of sulfone groups is 1. The quantitative estimate of drug-likeness (QED) is 0.728. The van der Waals surface area contributed by atoms with Crippen molar-refractivity contribution in [1.82, 2.24) is 0 Å². The third-order valence-electron chi connectivity index (χ3n) is 3.55. The normalized spacial score (nSPS) is 11.7. The van der Waals surface area contributed by atoms with Crippen LogP contribution in [-0.4, -0.2) is 8.42 Å². The summed E-state index contributed by atoms with van der Waals surface area (Å²) in [6, 6.07) is 20.7. The van der Waals surface area contributed by atoms with Gasteiger partial charge in [0.05, 0.1) is 10.6 Å². The van der Waals surface area contributed by atoms with E-state index >= 15 is 0 Å². The molecule has 3 aromatic rings. The number of hydrogen-bond acceptors (Lipinski definition) is 2. The van der Waals surface area contributed by atoms with E-state index in [2.05, 4.69) is 0 Å². The molecule has 0 atom stereocenters. The summed E-state index contributed by atoms with van der Waals surface area (Å²) in [5.74, 6) is 0.0287. The van der Waals surface area contributed by atoms with E-state index in [0.29, 0.717) is 4.90 Å². The van der Waals surface area contributed by atoms with E-state index in [9.17, 15) is 8.42 Å². The molecule has 0 spiro atoms. The van der Waals surface area contributed by atoms with Crippen LogP contribution in [0.25, 0.3) is 10.8 Å². The number of benzene rings is 3. The fourth-order valence-corrected chi connectivity index (χ4v) is 3.71. The molecule has 0 radical (unpaired) electrons. The lowest BCUT2D eigenvalue weighted by Crippen LogP contribution is -2.04. The van der Waals surface area contributed by atoms with Gasteiger partial charge in [0.1, 0.15) is 0 Å². The van der Waals surface area contributed by atoms with Crippen molar-refractivity contribution >= 4 is 20.6 Å². The Morgan fingerprint density at radius 3 is 2.19 bits per heavy atom. The van der Waals surface area contributed by atoms with Crippen molar-refractivity contribution in [1.29, 1.82) is 0 Å². The Bertz CT molecular complexity index is 878. The molecule has 21 heavy (non-hydrogen) atoms. The van der Waals surface area contributed by atoms with Gasteiger partial charge in [-0.05, 0) is 35.4 Å². The predicted octanol–water partition coefficient (Wildman–Crippen LogP) is 4.12. The van der Waals surface area contributed by atoms with Gasteiger partial charge in [0, 0.05) is 0 Å². The molecule has 0 N–H and O–H groups in total. The Balaban J connectivity index is 1.95. The Hall–Kier alpha value is -2.13. The Morgan fingerprint density at radius 1 is 0.810 bits per heavy atom. The topological polar surface area (TPSA) is 34.1 Å². The van der Waals surface area contributed by atoms with Crippen LogP contribution in [0.5, 0.6) is 0 Å². The van der Waals surface area contributed by atoms with Crippen LogP contribution in [0.15, 0.2) is 71.6 Å². The minimum atomic E-state index is -3.30. The minimum absolute atomic E-state index is 0.0287. The average Bonchev–Trinajstić information content (AvgIpc) is 2.47. The highest BCUT2D eigenvalue weighted by atomic mass is 32.2. The smallest absolute Gasteiger partial charge is 0.182 e. The van der Waals surface area contributed by atoms with Crippen LogP contribution >= 0.6 is 0 Å². The summed E-state index contributed by atoms with van der Waals surface area (Å²) in [6.07, 6.45) is 0. The molecule has 0 unspecified atom stereocenters. The SMILES string of the molecule is Cc1ccc(S(=O)(=O)Cc2ccc3ccccc3c2)cc1. The Kier molecular flexibility index (Phi) is 3.52. The van der Waals surface area contributed by atoms with Crippen molar-refractivity contribution in [2.24, 2.45) is 0 Å². The van der Waals surface area contributed by atoms with Gasteiger partial charge >= 0.3 is 0 Å². The predicted molar refractivity (Wildman–Crippen MR) is 86.0 cm³/mol. The van der Waals surface area contributed by atoms with Crippen molar-refractivity contribution in [2.45, 2.75) is 17.6 Å². The van der Waals surface area contributed by atoms with E-state index in [1.807, 2.05) is 61.5 Å². The summed E-state index contributed by atoms with van der Waals surface area (Å²) in [7, 11) is -3.30. The monoisotopic (exact) mass is 296 g/mol. The zero-order valence-electron chi connectivity index (χ0n) is 11.8. The number of aryl methyl sites for hydroxylation is 1. The van der Waals surface area contributed by atoms with Gasteiger partial charge in [0.2, 0.25) is 0 Å². The third-order valence-corrected chi connectivity index (χ3v) is 5.25. The summed E-state index contributed by atoms with van der Waals surface area (Å²) in [4.78, 5) is 0.376. The lowest BCUT2D eigenvalue weighted by Gasteiger charge is -2.06. The molecule has 0 bridgehead atoms. The molecule has 0 heterocycles. The summed E-state index contributed by atoms with van der Waals surface area (Å²) in [5, 5.41) is 2.18. The van der Waals surface area contributed by atoms with Crippen LogP contribution in [-0.2, 0) is 15.6 Å². The van der Waals surface area contributed by atoms with E-state index in [0.717, 1.165) is 21.9 Å². The average molecular weight is 296 g/mol. The molecule has 0 amide bonds. The molecule has 0 aliphatic rings. The molecular formula is C18H16O2S. The fourth-order valence-electron chi connectivity index (χ4n) is 2.38. The molecule has 0 aliphatic carbocycles. The third kappa shape index (κ3) is 2.98. The van der Waals surface area contributed by atoms with Gasteiger partial charge < -0.3 is 0 Å². The Labute approximate surface area is 125 Å². The first kappa shape index (κ1) is 13.8. The maximum absolute atomic E-state index is 12.4. The second-order valence-corrected chi connectivity index (χ2v) is 7.24. The van der Waals surface area contributed by atoms with E-state index < -0.39 is 9.84 Å². The summed E-state index contributed by atoms with van der Waals surface area (Å²) >= 11 is 0. The first-order valence-electron chi connectivity index (χ1n) is 6.82. The lowest BCUT2D eigenvalue weighted by molar-refractivity contribution is 0.595. The molecule has 106 valence electrons. The zero-order valence-corrected chi connectivity index (χ0v) is 12.6. The highest BCUT2D eigenvalue weighted by molar-refractivity contribution is 7.90. The summed E-state index contributed by atoms with van der Waals surface area (Å²) < 4.78 is 24.9. The van der Waals surface area contributed by atoms with Crippen molar-refractivity contribution in [3.63, 3.8) is 0 Å². The van der Waals surface area contributed by atoms with Crippen molar-refractivity contribution in [3.8, 4) is 0 Å².